The van der Waals surface area contributed by atoms with Crippen molar-refractivity contribution < 1.29 is 14.5 Å². The van der Waals surface area contributed by atoms with Gasteiger partial charge in [-0.1, -0.05) is 6.42 Å². The van der Waals surface area contributed by atoms with Gasteiger partial charge in [0.05, 0.1) is 5.92 Å². The van der Waals surface area contributed by atoms with Crippen LogP contribution in [0.15, 0.2) is 18.7 Å². The van der Waals surface area contributed by atoms with E-state index in [1.54, 1.807) is 0 Å². The first-order valence-electron chi connectivity index (χ1n) is 5.97. The maximum absolute atomic E-state index is 11.6. The Morgan fingerprint density at radius 2 is 2.28 bits per heavy atom. The van der Waals surface area contributed by atoms with Crippen LogP contribution in [-0.2, 0) is 4.74 Å². The molecule has 1 aliphatic carbocycles. The Morgan fingerprint density at radius 3 is 2.94 bits per heavy atom. The van der Waals surface area contributed by atoms with Gasteiger partial charge >= 0.3 is 6.09 Å². The fourth-order valence-electron chi connectivity index (χ4n) is 2.28. The summed E-state index contributed by atoms with van der Waals surface area (Å²) in [6, 6.07) is -0.589. The Balaban J connectivity index is 1.88. The maximum atomic E-state index is 11.6. The fourth-order valence-corrected chi connectivity index (χ4v) is 2.28. The minimum Gasteiger partial charge on any atom is -0.448 e. The molecule has 0 spiro atoms. The minimum absolute atomic E-state index is 0.0999. The molecule has 1 aliphatic rings. The van der Waals surface area contributed by atoms with Crippen LogP contribution in [0.25, 0.3) is 0 Å². The van der Waals surface area contributed by atoms with Crippen molar-refractivity contribution in [3.63, 3.8) is 0 Å². The van der Waals surface area contributed by atoms with Gasteiger partial charge in [-0.3, -0.25) is 10.1 Å². The Kier molecular flexibility index (Phi) is 3.91. The molecule has 18 heavy (non-hydrogen) atoms. The summed E-state index contributed by atoms with van der Waals surface area (Å²) in [5.74, 6) is -0.179. The zero-order valence-electron chi connectivity index (χ0n) is 9.90. The van der Waals surface area contributed by atoms with Crippen LogP contribution >= 0.6 is 0 Å². The topological polar surface area (TPSA) is 87.3 Å². The minimum atomic E-state index is -0.589. The molecule has 1 fully saturated rings. The highest BCUT2D eigenvalue weighted by Gasteiger charge is 2.34. The molecule has 0 radical (unpaired) electrons. The Morgan fingerprint density at radius 1 is 1.50 bits per heavy atom. The van der Waals surface area contributed by atoms with Crippen molar-refractivity contribution in [1.29, 1.82) is 0 Å². The Labute approximate surface area is 104 Å². The number of hydrogen-bond donors (Lipinski definition) is 0. The molecule has 0 amide bonds. The summed E-state index contributed by atoms with van der Waals surface area (Å²) in [5, 5.41) is 10.9. The van der Waals surface area contributed by atoms with Crippen molar-refractivity contribution in [2.45, 2.75) is 31.7 Å². The molecule has 0 aromatic carbocycles. The molecule has 0 bridgehead atoms. The molecular weight excluding hydrogens is 238 g/mol. The molecule has 0 saturated heterocycles. The summed E-state index contributed by atoms with van der Waals surface area (Å²) < 4.78 is 6.30. The third-order valence-corrected chi connectivity index (χ3v) is 3.28. The maximum Gasteiger partial charge on any atom is 0.419 e. The summed E-state index contributed by atoms with van der Waals surface area (Å²) in [7, 11) is 0. The van der Waals surface area contributed by atoms with Crippen LogP contribution in [0, 0.1) is 16.0 Å². The predicted molar refractivity (Wildman–Crippen MR) is 61.7 cm³/mol. The molecule has 2 rings (SSSR count). The monoisotopic (exact) mass is 253 g/mol. The van der Waals surface area contributed by atoms with Crippen LogP contribution in [0.2, 0.25) is 0 Å². The number of rotatable bonds is 3. The van der Waals surface area contributed by atoms with Gasteiger partial charge in [0.15, 0.2) is 0 Å². The van der Waals surface area contributed by atoms with Gasteiger partial charge in [-0.25, -0.2) is 14.3 Å². The van der Waals surface area contributed by atoms with Crippen LogP contribution < -0.4 is 0 Å². The van der Waals surface area contributed by atoms with Crippen molar-refractivity contribution in [2.24, 2.45) is 5.92 Å². The summed E-state index contributed by atoms with van der Waals surface area (Å²) in [6.07, 6.45) is 6.89. The van der Waals surface area contributed by atoms with E-state index in [1.807, 2.05) is 0 Å². The number of aromatic nitrogens is 2. The van der Waals surface area contributed by atoms with Gasteiger partial charge in [0.2, 0.25) is 6.04 Å². The fraction of sp³-hybridized carbons (Fsp3) is 0.636. The first kappa shape index (κ1) is 12.5. The highest BCUT2D eigenvalue weighted by molar-refractivity contribution is 5.69. The van der Waals surface area contributed by atoms with Crippen LogP contribution in [0.4, 0.5) is 4.79 Å². The van der Waals surface area contributed by atoms with E-state index in [1.165, 1.54) is 23.3 Å². The van der Waals surface area contributed by atoms with E-state index in [4.69, 9.17) is 4.74 Å². The zero-order valence-corrected chi connectivity index (χ0v) is 9.90. The summed E-state index contributed by atoms with van der Waals surface area (Å²) in [4.78, 5) is 25.9. The first-order valence-corrected chi connectivity index (χ1v) is 5.97. The third kappa shape index (κ3) is 2.85. The van der Waals surface area contributed by atoms with Gasteiger partial charge < -0.3 is 4.74 Å². The molecule has 2 atom stereocenters. The summed E-state index contributed by atoms with van der Waals surface area (Å²) in [6.45, 7) is 0.0999. The SMILES string of the molecule is O=C(OCC1CCCCC1[N+](=O)[O-])n1ccnc1. The van der Waals surface area contributed by atoms with Crippen LogP contribution in [0.3, 0.4) is 0 Å². The number of ether oxygens (including phenoxy) is 1. The van der Waals surface area contributed by atoms with E-state index in [9.17, 15) is 14.9 Å². The second kappa shape index (κ2) is 5.61. The number of imidazole rings is 1. The molecule has 0 aliphatic heterocycles. The lowest BCUT2D eigenvalue weighted by Crippen LogP contribution is -2.35. The number of nitrogens with zero attached hydrogens (tertiary/aromatic N) is 3. The number of hydrogen-bond acceptors (Lipinski definition) is 5. The highest BCUT2D eigenvalue weighted by Crippen LogP contribution is 2.26. The third-order valence-electron chi connectivity index (χ3n) is 3.28. The summed E-state index contributed by atoms with van der Waals surface area (Å²) >= 11 is 0. The molecule has 2 unspecified atom stereocenters. The second-order valence-corrected chi connectivity index (χ2v) is 4.44. The molecule has 7 heteroatoms. The summed E-state index contributed by atoms with van der Waals surface area (Å²) in [5.41, 5.74) is 0. The smallest absolute Gasteiger partial charge is 0.419 e. The number of nitro groups is 1. The van der Waals surface area contributed by atoms with Crippen molar-refractivity contribution in [1.82, 2.24) is 9.55 Å². The average molecular weight is 253 g/mol. The normalized spacial score (nSPS) is 23.6. The van der Waals surface area contributed by atoms with Gasteiger partial charge in [-0.05, 0) is 12.8 Å². The molecule has 7 nitrogen and oxygen atoms in total. The Bertz CT molecular complexity index is 418. The molecule has 1 heterocycles. The highest BCUT2D eigenvalue weighted by atomic mass is 16.6. The first-order chi connectivity index (χ1) is 8.68. The van der Waals surface area contributed by atoms with Crippen molar-refractivity contribution in [2.75, 3.05) is 6.61 Å². The second-order valence-electron chi connectivity index (χ2n) is 4.44. The lowest BCUT2D eigenvalue weighted by molar-refractivity contribution is -0.536. The quantitative estimate of drug-likeness (QED) is 0.604. The van der Waals surface area contributed by atoms with Gasteiger partial charge in [0, 0.05) is 23.7 Å². The van der Waals surface area contributed by atoms with Crippen molar-refractivity contribution >= 4 is 6.09 Å². The molecule has 1 saturated carbocycles. The lowest BCUT2D eigenvalue weighted by Gasteiger charge is -2.24. The number of carbonyl (C=O) groups is 1. The molecule has 1 aromatic heterocycles. The van der Waals surface area contributed by atoms with E-state index < -0.39 is 12.1 Å². The standard InChI is InChI=1S/C11H15N3O4/c15-11(13-6-5-12-8-13)18-7-9-3-1-2-4-10(9)14(16)17/h5-6,8-10H,1-4,7H2. The van der Waals surface area contributed by atoms with Crippen LogP contribution in [0.5, 0.6) is 0 Å². The average Bonchev–Trinajstić information content (AvgIpc) is 2.90. The number of carbonyl (C=O) groups excluding carboxylic acids is 1. The Hall–Kier alpha value is -1.92. The molecule has 98 valence electrons. The van der Waals surface area contributed by atoms with E-state index >= 15 is 0 Å². The van der Waals surface area contributed by atoms with Crippen LogP contribution in [-0.4, -0.2) is 33.2 Å². The predicted octanol–water partition coefficient (Wildman–Crippen LogP) is 1.70. The van der Waals surface area contributed by atoms with Gasteiger partial charge in [0.1, 0.15) is 12.9 Å². The molecular formula is C11H15N3O4. The lowest BCUT2D eigenvalue weighted by atomic mass is 9.85. The van der Waals surface area contributed by atoms with Gasteiger partial charge in [-0.2, -0.15) is 0 Å². The zero-order chi connectivity index (χ0) is 13.0. The van der Waals surface area contributed by atoms with Gasteiger partial charge in [-0.15, -0.1) is 0 Å². The van der Waals surface area contributed by atoms with E-state index in [-0.39, 0.29) is 17.4 Å². The van der Waals surface area contributed by atoms with E-state index in [0.717, 1.165) is 19.3 Å². The van der Waals surface area contributed by atoms with E-state index in [0.29, 0.717) is 6.42 Å². The van der Waals surface area contributed by atoms with E-state index in [2.05, 4.69) is 4.98 Å². The largest absolute Gasteiger partial charge is 0.448 e. The van der Waals surface area contributed by atoms with Crippen LogP contribution in [0.1, 0.15) is 25.7 Å². The molecule has 1 aromatic rings. The molecule has 0 N–H and O–H groups in total. The van der Waals surface area contributed by atoms with Crippen molar-refractivity contribution in [3.05, 3.63) is 28.8 Å². The van der Waals surface area contributed by atoms with Gasteiger partial charge in [0.25, 0.3) is 0 Å². The van der Waals surface area contributed by atoms with Crippen molar-refractivity contribution in [3.8, 4) is 0 Å².